The molecule has 7 atom stereocenters. The number of carbonyl (C=O) groups is 8. The second-order valence-electron chi connectivity index (χ2n) is 12.2. The molecule has 0 saturated carbocycles. The van der Waals surface area contributed by atoms with Crippen molar-refractivity contribution in [3.63, 3.8) is 0 Å². The average Bonchev–Trinajstić information content (AvgIpc) is 3.86. The minimum atomic E-state index is -1.75. The summed E-state index contributed by atoms with van der Waals surface area (Å²) in [6.07, 6.45) is 4.62. The molecule has 0 spiro atoms. The molecule has 0 unspecified atom stereocenters. The molecule has 0 aromatic carbocycles. The number of primary amides is 1. The van der Waals surface area contributed by atoms with Gasteiger partial charge in [0, 0.05) is 43.0 Å². The first-order valence-electron chi connectivity index (χ1n) is 16.8. The van der Waals surface area contributed by atoms with Gasteiger partial charge in [0.25, 0.3) is 0 Å². The van der Waals surface area contributed by atoms with Gasteiger partial charge in [-0.3, -0.25) is 33.6 Å². The van der Waals surface area contributed by atoms with E-state index in [0.717, 1.165) is 0 Å². The Balaban J connectivity index is 2.31. The monoisotopic (exact) mass is 764 g/mol. The fourth-order valence-electron chi connectivity index (χ4n) is 4.87. The highest BCUT2D eigenvalue weighted by atomic mass is 16.4. The Kier molecular flexibility index (Phi) is 18.2. The first-order chi connectivity index (χ1) is 25.6. The molecule has 2 heterocycles. The number of nitrogens with zero attached hydrogens (tertiary/aromatic N) is 2. The lowest BCUT2D eigenvalue weighted by molar-refractivity contribution is -0.144. The average molecular weight is 765 g/mol. The van der Waals surface area contributed by atoms with Crippen LogP contribution in [0.3, 0.4) is 0 Å². The van der Waals surface area contributed by atoms with Crippen molar-refractivity contribution >= 4 is 47.3 Å². The van der Waals surface area contributed by atoms with E-state index < -0.39 is 116 Å². The van der Waals surface area contributed by atoms with E-state index in [2.05, 4.69) is 51.8 Å². The maximum absolute atomic E-state index is 13.8. The number of hydrogen-bond donors (Lipinski definition) is 13. The van der Waals surface area contributed by atoms with Gasteiger partial charge >= 0.3 is 5.97 Å². The van der Waals surface area contributed by atoms with Crippen LogP contribution in [-0.2, 0) is 51.2 Å². The molecular formula is C31H48N12O11. The molecule has 0 fully saturated rings. The SMILES string of the molecule is CC[C@H](C)[C@H](NC(=O)[C@H](Cc1cnc[nH]1)NC(=O)[C@H](Cc1cnc[nH]1)NC(=O)[C@H](CO)NC(=O)[C@H](CCC(N)=O)NC(=O)[C@H](CO)NC(=O)CN)C(=O)O. The van der Waals surface area contributed by atoms with Gasteiger partial charge in [0.05, 0.1) is 32.4 Å². The van der Waals surface area contributed by atoms with Gasteiger partial charge in [-0.15, -0.1) is 0 Å². The molecule has 0 aliphatic rings. The van der Waals surface area contributed by atoms with Gasteiger partial charge in [-0.05, 0) is 12.3 Å². The smallest absolute Gasteiger partial charge is 0.326 e. The number of hydrogen-bond acceptors (Lipinski definition) is 13. The van der Waals surface area contributed by atoms with E-state index in [-0.39, 0.29) is 19.3 Å². The fraction of sp³-hybridized carbons (Fsp3) is 0.548. The van der Waals surface area contributed by atoms with Crippen molar-refractivity contribution in [1.82, 2.24) is 51.8 Å². The lowest BCUT2D eigenvalue weighted by atomic mass is 9.98. The summed E-state index contributed by atoms with van der Waals surface area (Å²) in [6.45, 7) is 0.970. The van der Waals surface area contributed by atoms with Crippen LogP contribution in [0.5, 0.6) is 0 Å². The number of aliphatic hydroxyl groups is 2. The number of H-pyrrole nitrogens is 2. The molecule has 298 valence electrons. The maximum Gasteiger partial charge on any atom is 0.326 e. The minimum Gasteiger partial charge on any atom is -0.480 e. The van der Waals surface area contributed by atoms with Crippen LogP contribution in [0.1, 0.15) is 44.5 Å². The van der Waals surface area contributed by atoms with Crippen LogP contribution in [0, 0.1) is 5.92 Å². The molecule has 2 aromatic heterocycles. The Bertz CT molecular complexity index is 1570. The van der Waals surface area contributed by atoms with E-state index >= 15 is 0 Å². The first kappa shape index (κ1) is 44.2. The normalized spacial score (nSPS) is 14.8. The van der Waals surface area contributed by atoms with E-state index in [1.807, 2.05) is 0 Å². The van der Waals surface area contributed by atoms with E-state index in [4.69, 9.17) is 11.5 Å². The number of amides is 7. The van der Waals surface area contributed by atoms with Gasteiger partial charge in [0.15, 0.2) is 0 Å². The lowest BCUT2D eigenvalue weighted by Gasteiger charge is -2.27. The topological polar surface area (TPSA) is 379 Å². The Morgan fingerprint density at radius 2 is 1.13 bits per heavy atom. The number of aliphatic hydroxyl groups excluding tert-OH is 2. The van der Waals surface area contributed by atoms with Crippen molar-refractivity contribution in [3.8, 4) is 0 Å². The molecular weight excluding hydrogens is 716 g/mol. The van der Waals surface area contributed by atoms with Crippen molar-refractivity contribution in [3.05, 3.63) is 36.4 Å². The van der Waals surface area contributed by atoms with Crippen molar-refractivity contribution in [2.75, 3.05) is 19.8 Å². The zero-order valence-electron chi connectivity index (χ0n) is 29.7. The van der Waals surface area contributed by atoms with Gasteiger partial charge < -0.3 is 68.7 Å². The van der Waals surface area contributed by atoms with Crippen LogP contribution in [0.15, 0.2) is 25.0 Å². The summed E-state index contributed by atoms with van der Waals surface area (Å²) in [5.41, 5.74) is 11.2. The Labute approximate surface area is 308 Å². The van der Waals surface area contributed by atoms with Crippen molar-refractivity contribution in [1.29, 1.82) is 0 Å². The molecule has 23 nitrogen and oxygen atoms in total. The molecule has 0 bridgehead atoms. The highest BCUT2D eigenvalue weighted by Gasteiger charge is 2.34. The zero-order valence-corrected chi connectivity index (χ0v) is 29.7. The van der Waals surface area contributed by atoms with E-state index in [9.17, 15) is 53.7 Å². The molecule has 15 N–H and O–H groups in total. The summed E-state index contributed by atoms with van der Waals surface area (Å²) in [5.74, 6) is -8.37. The quantitative estimate of drug-likeness (QED) is 0.0474. The molecule has 0 radical (unpaired) electrons. The molecule has 0 aliphatic heterocycles. The second-order valence-corrected chi connectivity index (χ2v) is 12.2. The lowest BCUT2D eigenvalue weighted by Crippen LogP contribution is -2.61. The van der Waals surface area contributed by atoms with Crippen LogP contribution in [0.4, 0.5) is 0 Å². The third kappa shape index (κ3) is 14.2. The number of aromatic nitrogens is 4. The second kappa shape index (κ2) is 22.2. The summed E-state index contributed by atoms with van der Waals surface area (Å²) < 4.78 is 0. The number of carboxylic acid groups (broad SMARTS) is 1. The maximum atomic E-state index is 13.8. The summed E-state index contributed by atoms with van der Waals surface area (Å²) in [6, 6.07) is -8.98. The summed E-state index contributed by atoms with van der Waals surface area (Å²) in [5, 5.41) is 43.4. The Hall–Kier alpha value is -5.94. The van der Waals surface area contributed by atoms with E-state index in [0.29, 0.717) is 17.8 Å². The number of rotatable bonds is 24. The first-order valence-corrected chi connectivity index (χ1v) is 16.8. The van der Waals surface area contributed by atoms with Gasteiger partial charge in [-0.2, -0.15) is 0 Å². The summed E-state index contributed by atoms with van der Waals surface area (Å²) >= 11 is 0. The van der Waals surface area contributed by atoms with Crippen LogP contribution < -0.4 is 43.4 Å². The van der Waals surface area contributed by atoms with Gasteiger partial charge in [-0.1, -0.05) is 20.3 Å². The standard InChI is InChI=1S/C31H48N12O11/c1-3-15(2)25(31(53)54)43-28(50)20(7-17-10-35-14-37-17)40-27(49)19(6-16-9-34-13-36-16)41-30(52)22(12-45)42-26(48)18(4-5-23(33)46)39-29(51)21(11-44)38-24(47)8-32/h9-10,13-15,18-22,25,44-45H,3-8,11-12,32H2,1-2H3,(H2,33,46)(H,34,36)(H,35,37)(H,38,47)(H,39,51)(H,40,49)(H,41,52)(H,42,48)(H,43,50)(H,53,54)/t15-,18-,19-,20-,21-,22-,25-/m0/s1. The number of imidazole rings is 2. The van der Waals surface area contributed by atoms with Crippen molar-refractivity contribution in [2.45, 2.75) is 82.2 Å². The molecule has 2 rings (SSSR count). The molecule has 23 heteroatoms. The number of nitrogens with two attached hydrogens (primary N) is 2. The molecule has 0 saturated heterocycles. The minimum absolute atomic E-state index is 0.157. The highest BCUT2D eigenvalue weighted by Crippen LogP contribution is 2.10. The van der Waals surface area contributed by atoms with Crippen molar-refractivity contribution in [2.24, 2.45) is 17.4 Å². The predicted molar refractivity (Wildman–Crippen MR) is 185 cm³/mol. The molecule has 0 aliphatic carbocycles. The number of aromatic amines is 2. The molecule has 2 aromatic rings. The number of carbonyl (C=O) groups excluding carboxylic acids is 7. The zero-order chi connectivity index (χ0) is 40.4. The van der Waals surface area contributed by atoms with Gasteiger partial charge in [-0.25, -0.2) is 14.8 Å². The third-order valence-electron chi connectivity index (χ3n) is 8.15. The largest absolute Gasteiger partial charge is 0.480 e. The number of aliphatic carboxylic acids is 1. The predicted octanol–water partition coefficient (Wildman–Crippen LogP) is -5.83. The van der Waals surface area contributed by atoms with E-state index in [1.165, 1.54) is 25.0 Å². The highest BCUT2D eigenvalue weighted by molar-refractivity contribution is 5.97. The van der Waals surface area contributed by atoms with E-state index in [1.54, 1.807) is 13.8 Å². The van der Waals surface area contributed by atoms with Gasteiger partial charge in [0.1, 0.15) is 36.3 Å². The van der Waals surface area contributed by atoms with Crippen LogP contribution in [0.25, 0.3) is 0 Å². The third-order valence-corrected chi connectivity index (χ3v) is 8.15. The fourth-order valence-corrected chi connectivity index (χ4v) is 4.87. The van der Waals surface area contributed by atoms with Crippen molar-refractivity contribution < 1.29 is 53.7 Å². The molecule has 54 heavy (non-hydrogen) atoms. The van der Waals surface area contributed by atoms with Crippen LogP contribution in [-0.4, -0.2) is 139 Å². The van der Waals surface area contributed by atoms with Gasteiger partial charge in [0.2, 0.25) is 41.4 Å². The Morgan fingerprint density at radius 3 is 1.54 bits per heavy atom. The Morgan fingerprint density at radius 1 is 0.704 bits per heavy atom. The number of nitrogens with one attached hydrogen (secondary N) is 8. The number of carboxylic acids is 1. The van der Waals surface area contributed by atoms with Crippen LogP contribution in [0.2, 0.25) is 0 Å². The summed E-state index contributed by atoms with van der Waals surface area (Å²) in [7, 11) is 0. The van der Waals surface area contributed by atoms with Crippen LogP contribution >= 0.6 is 0 Å². The molecule has 7 amide bonds. The summed E-state index contributed by atoms with van der Waals surface area (Å²) in [4.78, 5) is 115.